The molecule has 1 aliphatic carbocycles. The largest absolute Gasteiger partial charge is 0.474 e. The first-order valence-electron chi connectivity index (χ1n) is 12.6. The van der Waals surface area contributed by atoms with Gasteiger partial charge in [-0.1, -0.05) is 0 Å². The van der Waals surface area contributed by atoms with Crippen molar-refractivity contribution in [2.24, 2.45) is 0 Å². The highest BCUT2D eigenvalue weighted by atomic mass is 16.6. The average Bonchev–Trinajstić information content (AvgIpc) is 3.00. The minimum absolute atomic E-state index is 0.166. The molecule has 8 heteroatoms. The Morgan fingerprint density at radius 3 is 2.39 bits per heavy atom. The van der Waals surface area contributed by atoms with Crippen LogP contribution in [0.15, 0.2) is 18.3 Å². The molecule has 1 amide bonds. The summed E-state index contributed by atoms with van der Waals surface area (Å²) in [5, 5.41) is 3.54. The Kier molecular flexibility index (Phi) is 6.40. The van der Waals surface area contributed by atoms with E-state index in [1.165, 1.54) is 18.5 Å². The number of rotatable bonds is 5. The van der Waals surface area contributed by atoms with Crippen LogP contribution in [0.1, 0.15) is 59.3 Å². The minimum atomic E-state index is -0.454. The molecular weight excluding hydrogens is 420 g/mol. The van der Waals surface area contributed by atoms with Crippen LogP contribution in [0.25, 0.3) is 0 Å². The molecule has 1 N–H and O–H groups in total. The van der Waals surface area contributed by atoms with E-state index in [2.05, 4.69) is 27.3 Å². The lowest BCUT2D eigenvalue weighted by atomic mass is 9.91. The summed E-state index contributed by atoms with van der Waals surface area (Å²) in [6.45, 7) is 9.21. The quantitative estimate of drug-likeness (QED) is 0.725. The number of fused-ring (bicyclic) bond motifs is 2. The maximum atomic E-state index is 12.2. The lowest BCUT2D eigenvalue weighted by Gasteiger charge is -2.40. The summed E-state index contributed by atoms with van der Waals surface area (Å²) in [7, 11) is 0. The number of hydrogen-bond acceptors (Lipinski definition) is 7. The van der Waals surface area contributed by atoms with Crippen molar-refractivity contribution >= 4 is 11.8 Å². The van der Waals surface area contributed by atoms with Crippen molar-refractivity contribution in [3.63, 3.8) is 0 Å². The molecule has 1 aromatic rings. The van der Waals surface area contributed by atoms with Crippen molar-refractivity contribution in [1.82, 2.24) is 15.2 Å². The SMILES string of the molecule is CC(C)(C)OC(=O)N1CCC(O[C@H]2C[C@H](Oc3cc(N4C5CCC4CNC5)ccn3)C2)CC1. The summed E-state index contributed by atoms with van der Waals surface area (Å²) in [5.41, 5.74) is 0.780. The second kappa shape index (κ2) is 9.29. The van der Waals surface area contributed by atoms with Crippen LogP contribution in [0.2, 0.25) is 0 Å². The van der Waals surface area contributed by atoms with Gasteiger partial charge in [0.15, 0.2) is 0 Å². The number of pyridine rings is 1. The highest BCUT2D eigenvalue weighted by Crippen LogP contribution is 2.35. The third-order valence-corrected chi connectivity index (χ3v) is 7.21. The van der Waals surface area contributed by atoms with Gasteiger partial charge in [0.05, 0.1) is 12.2 Å². The summed E-state index contributed by atoms with van der Waals surface area (Å²) < 4.78 is 17.9. The molecule has 0 radical (unpaired) electrons. The molecule has 1 aromatic heterocycles. The zero-order valence-corrected chi connectivity index (χ0v) is 20.2. The monoisotopic (exact) mass is 458 g/mol. The fourth-order valence-electron chi connectivity index (χ4n) is 5.49. The van der Waals surface area contributed by atoms with Crippen LogP contribution in [0.3, 0.4) is 0 Å². The highest BCUT2D eigenvalue weighted by Gasteiger charge is 2.38. The molecule has 3 saturated heterocycles. The van der Waals surface area contributed by atoms with Gasteiger partial charge in [-0.2, -0.15) is 0 Å². The van der Waals surface area contributed by atoms with Crippen LogP contribution in [0.5, 0.6) is 5.88 Å². The van der Waals surface area contributed by atoms with Crippen molar-refractivity contribution in [1.29, 1.82) is 0 Å². The van der Waals surface area contributed by atoms with Gasteiger partial charge in [0.25, 0.3) is 0 Å². The molecule has 4 fully saturated rings. The zero-order chi connectivity index (χ0) is 23.0. The first kappa shape index (κ1) is 22.7. The maximum absolute atomic E-state index is 12.2. The van der Waals surface area contributed by atoms with Gasteiger partial charge < -0.3 is 29.3 Å². The lowest BCUT2D eigenvalue weighted by Crippen LogP contribution is -2.52. The molecule has 0 spiro atoms. The Morgan fingerprint density at radius 1 is 1.03 bits per heavy atom. The van der Waals surface area contributed by atoms with E-state index in [1.807, 2.05) is 27.0 Å². The lowest BCUT2D eigenvalue weighted by molar-refractivity contribution is -0.110. The molecule has 5 rings (SSSR count). The Labute approximate surface area is 196 Å². The van der Waals surface area contributed by atoms with E-state index in [-0.39, 0.29) is 24.4 Å². The number of amides is 1. The molecule has 182 valence electrons. The summed E-state index contributed by atoms with van der Waals surface area (Å²) in [6.07, 6.45) is 8.30. The summed E-state index contributed by atoms with van der Waals surface area (Å²) >= 11 is 0. The molecule has 2 bridgehead atoms. The normalized spacial score (nSPS) is 30.2. The van der Waals surface area contributed by atoms with Crippen LogP contribution in [0, 0.1) is 0 Å². The van der Waals surface area contributed by atoms with Gasteiger partial charge in [0.2, 0.25) is 5.88 Å². The molecule has 33 heavy (non-hydrogen) atoms. The number of nitrogens with one attached hydrogen (secondary N) is 1. The third-order valence-electron chi connectivity index (χ3n) is 7.21. The molecule has 4 aliphatic rings. The number of carbonyl (C=O) groups is 1. The standard InChI is InChI=1S/C25H38N4O4/c1-25(2,3)33-24(30)28-10-7-20(8-11-28)31-21-13-22(14-21)32-23-12-17(6-9-27-23)29-18-4-5-19(29)16-26-15-18/h6,9,12,18-22,26H,4-5,7-8,10-11,13-16H2,1-3H3/t18?,19?,21-,22-. The van der Waals surface area contributed by atoms with E-state index in [0.29, 0.717) is 25.2 Å². The van der Waals surface area contributed by atoms with Gasteiger partial charge in [0, 0.05) is 69.1 Å². The second-order valence-corrected chi connectivity index (χ2v) is 10.9. The second-order valence-electron chi connectivity index (χ2n) is 10.9. The maximum Gasteiger partial charge on any atom is 0.410 e. The Hall–Kier alpha value is -2.06. The zero-order valence-electron chi connectivity index (χ0n) is 20.2. The molecule has 3 aliphatic heterocycles. The average molecular weight is 459 g/mol. The number of anilines is 1. The van der Waals surface area contributed by atoms with E-state index < -0.39 is 5.60 Å². The topological polar surface area (TPSA) is 76.2 Å². The van der Waals surface area contributed by atoms with Crippen LogP contribution in [-0.2, 0) is 9.47 Å². The van der Waals surface area contributed by atoms with E-state index in [4.69, 9.17) is 14.2 Å². The molecule has 2 unspecified atom stereocenters. The van der Waals surface area contributed by atoms with Gasteiger partial charge in [-0.3, -0.25) is 0 Å². The smallest absolute Gasteiger partial charge is 0.410 e. The molecule has 2 atom stereocenters. The Balaban J connectivity index is 1.05. The predicted octanol–water partition coefficient (Wildman–Crippen LogP) is 3.35. The summed E-state index contributed by atoms with van der Waals surface area (Å²) in [5.74, 6) is 0.722. The molecule has 4 heterocycles. The Morgan fingerprint density at radius 2 is 1.73 bits per heavy atom. The molecule has 8 nitrogen and oxygen atoms in total. The minimum Gasteiger partial charge on any atom is -0.474 e. The van der Waals surface area contributed by atoms with Gasteiger partial charge in [-0.15, -0.1) is 0 Å². The van der Waals surface area contributed by atoms with Crippen LogP contribution in [-0.4, -0.2) is 78.2 Å². The van der Waals surface area contributed by atoms with Gasteiger partial charge in [-0.05, 0) is 52.5 Å². The van der Waals surface area contributed by atoms with Crippen molar-refractivity contribution < 1.29 is 19.0 Å². The van der Waals surface area contributed by atoms with Gasteiger partial charge >= 0.3 is 6.09 Å². The number of nitrogens with zero attached hydrogens (tertiary/aromatic N) is 3. The number of ether oxygens (including phenoxy) is 3. The van der Waals surface area contributed by atoms with E-state index in [0.717, 1.165) is 44.7 Å². The molecule has 0 aromatic carbocycles. The van der Waals surface area contributed by atoms with E-state index in [9.17, 15) is 4.79 Å². The van der Waals surface area contributed by atoms with Crippen LogP contribution < -0.4 is 15.0 Å². The number of hydrogen-bond donors (Lipinski definition) is 1. The fraction of sp³-hybridized carbons (Fsp3) is 0.760. The first-order valence-corrected chi connectivity index (χ1v) is 12.6. The van der Waals surface area contributed by atoms with Crippen molar-refractivity contribution in [3.05, 3.63) is 18.3 Å². The van der Waals surface area contributed by atoms with Gasteiger partial charge in [-0.25, -0.2) is 9.78 Å². The number of aromatic nitrogens is 1. The number of piperidine rings is 1. The third kappa shape index (κ3) is 5.38. The van der Waals surface area contributed by atoms with E-state index in [1.54, 1.807) is 4.90 Å². The fourth-order valence-corrected chi connectivity index (χ4v) is 5.49. The number of likely N-dealkylation sites (tertiary alicyclic amines) is 1. The molecule has 1 saturated carbocycles. The van der Waals surface area contributed by atoms with Crippen LogP contribution in [0.4, 0.5) is 10.5 Å². The summed E-state index contributed by atoms with van der Waals surface area (Å²) in [6, 6.07) is 5.39. The van der Waals surface area contributed by atoms with Gasteiger partial charge in [0.1, 0.15) is 11.7 Å². The highest BCUT2D eigenvalue weighted by molar-refractivity contribution is 5.68. The number of carbonyl (C=O) groups excluding carboxylic acids is 1. The molecular formula is C25H38N4O4. The summed E-state index contributed by atoms with van der Waals surface area (Å²) in [4.78, 5) is 21.0. The van der Waals surface area contributed by atoms with Crippen molar-refractivity contribution in [2.45, 2.75) is 95.3 Å². The first-order chi connectivity index (χ1) is 15.8. The van der Waals surface area contributed by atoms with Crippen molar-refractivity contribution in [2.75, 3.05) is 31.1 Å². The Bertz CT molecular complexity index is 814. The predicted molar refractivity (Wildman–Crippen MR) is 126 cm³/mol. The van der Waals surface area contributed by atoms with Crippen LogP contribution >= 0.6 is 0 Å². The number of piperazine rings is 1. The van der Waals surface area contributed by atoms with Crippen molar-refractivity contribution in [3.8, 4) is 5.88 Å². The van der Waals surface area contributed by atoms with E-state index >= 15 is 0 Å².